The highest BCUT2D eigenvalue weighted by Crippen LogP contribution is 2.36. The fraction of sp³-hybridized carbons (Fsp3) is 0.273. The van der Waals surface area contributed by atoms with Crippen LogP contribution in [-0.2, 0) is 15.7 Å². The third kappa shape index (κ3) is 3.37. The van der Waals surface area contributed by atoms with Crippen LogP contribution in [0.25, 0.3) is 0 Å². The van der Waals surface area contributed by atoms with Crippen LogP contribution in [0.4, 0.5) is 13.2 Å². The fourth-order valence-corrected chi connectivity index (χ4v) is 1.58. The minimum Gasteiger partial charge on any atom is -0.507 e. The van der Waals surface area contributed by atoms with Gasteiger partial charge in [0.05, 0.1) is 22.8 Å². The van der Waals surface area contributed by atoms with Crippen LogP contribution in [0.15, 0.2) is 12.1 Å². The lowest BCUT2D eigenvalue weighted by Crippen LogP contribution is -2.18. The van der Waals surface area contributed by atoms with Gasteiger partial charge in [0, 0.05) is 0 Å². The first-order valence-electron chi connectivity index (χ1n) is 4.99. The van der Waals surface area contributed by atoms with Gasteiger partial charge in [-0.1, -0.05) is 11.6 Å². The van der Waals surface area contributed by atoms with Crippen molar-refractivity contribution >= 4 is 23.4 Å². The Labute approximate surface area is 110 Å². The number of carbonyl (C=O) groups excluding carboxylic acids is 2. The highest BCUT2D eigenvalue weighted by molar-refractivity contribution is 6.46. The van der Waals surface area contributed by atoms with Crippen molar-refractivity contribution in [2.45, 2.75) is 13.1 Å². The molecule has 0 saturated heterocycles. The summed E-state index contributed by atoms with van der Waals surface area (Å²) in [6.07, 6.45) is -4.73. The highest BCUT2D eigenvalue weighted by atomic mass is 35.5. The highest BCUT2D eigenvalue weighted by Gasteiger charge is 2.34. The second-order valence-electron chi connectivity index (χ2n) is 3.40. The lowest BCUT2D eigenvalue weighted by molar-refractivity contribution is -0.138. The molecule has 0 aromatic heterocycles. The Balaban J connectivity index is 3.25. The van der Waals surface area contributed by atoms with E-state index < -0.39 is 39.8 Å². The zero-order valence-corrected chi connectivity index (χ0v) is 10.3. The number of ether oxygens (including phenoxy) is 1. The van der Waals surface area contributed by atoms with Gasteiger partial charge in [0.25, 0.3) is 5.78 Å². The van der Waals surface area contributed by atoms with E-state index in [4.69, 9.17) is 11.6 Å². The van der Waals surface area contributed by atoms with E-state index in [9.17, 15) is 27.9 Å². The van der Waals surface area contributed by atoms with Gasteiger partial charge < -0.3 is 9.84 Å². The van der Waals surface area contributed by atoms with E-state index in [2.05, 4.69) is 4.74 Å². The zero-order valence-electron chi connectivity index (χ0n) is 9.55. The van der Waals surface area contributed by atoms with Gasteiger partial charge >= 0.3 is 12.1 Å². The van der Waals surface area contributed by atoms with Gasteiger partial charge in [0.15, 0.2) is 0 Å². The number of carbonyl (C=O) groups is 2. The third-order valence-electron chi connectivity index (χ3n) is 2.08. The SMILES string of the molecule is CCOC(=O)C(=O)c1c(O)cc(C(F)(F)F)cc1Cl. The molecule has 0 spiro atoms. The lowest BCUT2D eigenvalue weighted by Gasteiger charge is -2.11. The van der Waals surface area contributed by atoms with E-state index in [1.54, 1.807) is 0 Å². The molecule has 0 amide bonds. The monoisotopic (exact) mass is 296 g/mol. The first-order chi connectivity index (χ1) is 8.68. The van der Waals surface area contributed by atoms with Crippen molar-refractivity contribution in [1.29, 1.82) is 0 Å². The van der Waals surface area contributed by atoms with Crippen LogP contribution in [-0.4, -0.2) is 23.5 Å². The molecule has 0 radical (unpaired) electrons. The second kappa shape index (κ2) is 5.48. The molecule has 0 unspecified atom stereocenters. The number of phenolic OH excluding ortho intramolecular Hbond substituents is 1. The first kappa shape index (κ1) is 15.3. The summed E-state index contributed by atoms with van der Waals surface area (Å²) in [5.74, 6) is -3.64. The van der Waals surface area contributed by atoms with E-state index in [1.807, 2.05) is 0 Å². The topological polar surface area (TPSA) is 63.6 Å². The number of rotatable bonds is 3. The summed E-state index contributed by atoms with van der Waals surface area (Å²) in [5, 5.41) is 8.73. The molecule has 0 fully saturated rings. The molecule has 0 heterocycles. The fourth-order valence-electron chi connectivity index (χ4n) is 1.28. The van der Waals surface area contributed by atoms with Gasteiger partial charge in [0.2, 0.25) is 0 Å². The number of phenols is 1. The minimum atomic E-state index is -4.73. The number of esters is 1. The summed E-state index contributed by atoms with van der Waals surface area (Å²) in [6.45, 7) is 1.35. The lowest BCUT2D eigenvalue weighted by atomic mass is 10.1. The van der Waals surface area contributed by atoms with Crippen molar-refractivity contribution in [3.63, 3.8) is 0 Å². The summed E-state index contributed by atoms with van der Waals surface area (Å²) in [7, 11) is 0. The van der Waals surface area contributed by atoms with Crippen LogP contribution in [0, 0.1) is 0 Å². The molecule has 0 aliphatic carbocycles. The van der Waals surface area contributed by atoms with Crippen molar-refractivity contribution in [3.05, 3.63) is 28.3 Å². The van der Waals surface area contributed by atoms with Crippen molar-refractivity contribution < 1.29 is 32.6 Å². The predicted molar refractivity (Wildman–Crippen MR) is 59.1 cm³/mol. The maximum absolute atomic E-state index is 12.4. The molecule has 1 N–H and O–H groups in total. The molecule has 0 saturated carbocycles. The number of hydrogen-bond donors (Lipinski definition) is 1. The summed E-state index contributed by atoms with van der Waals surface area (Å²) >= 11 is 5.49. The number of aromatic hydroxyl groups is 1. The molecular weight excluding hydrogens is 289 g/mol. The molecule has 0 aliphatic rings. The van der Waals surface area contributed by atoms with Crippen molar-refractivity contribution in [1.82, 2.24) is 0 Å². The number of ketones is 1. The van der Waals surface area contributed by atoms with Crippen molar-refractivity contribution in [2.75, 3.05) is 6.61 Å². The normalized spacial score (nSPS) is 11.2. The van der Waals surface area contributed by atoms with Gasteiger partial charge in [-0.15, -0.1) is 0 Å². The van der Waals surface area contributed by atoms with E-state index in [0.717, 1.165) is 0 Å². The largest absolute Gasteiger partial charge is 0.507 e. The van der Waals surface area contributed by atoms with Crippen LogP contribution in [0.5, 0.6) is 5.75 Å². The zero-order chi connectivity index (χ0) is 14.8. The molecule has 4 nitrogen and oxygen atoms in total. The molecule has 104 valence electrons. The van der Waals surface area contributed by atoms with Crippen LogP contribution < -0.4 is 0 Å². The molecule has 0 atom stereocenters. The van der Waals surface area contributed by atoms with Crippen LogP contribution in [0.2, 0.25) is 5.02 Å². The Morgan fingerprint density at radius 2 is 1.95 bits per heavy atom. The van der Waals surface area contributed by atoms with E-state index in [0.29, 0.717) is 12.1 Å². The van der Waals surface area contributed by atoms with Gasteiger partial charge in [0.1, 0.15) is 5.75 Å². The van der Waals surface area contributed by atoms with Crippen molar-refractivity contribution in [3.8, 4) is 5.75 Å². The summed E-state index contributed by atoms with van der Waals surface area (Å²) in [4.78, 5) is 22.7. The molecule has 8 heteroatoms. The minimum absolute atomic E-state index is 0.0937. The van der Waals surface area contributed by atoms with Gasteiger partial charge in [-0.25, -0.2) is 4.79 Å². The standard InChI is InChI=1S/C11H8ClF3O4/c1-2-19-10(18)9(17)8-6(12)3-5(4-7(8)16)11(13,14)15/h3-4,16H,2H2,1H3. The van der Waals surface area contributed by atoms with Crippen LogP contribution in [0.3, 0.4) is 0 Å². The number of hydrogen-bond acceptors (Lipinski definition) is 4. The smallest absolute Gasteiger partial charge is 0.416 e. The number of Topliss-reactive ketones (excluding diaryl/α,β-unsaturated/α-hetero) is 1. The summed E-state index contributed by atoms with van der Waals surface area (Å²) in [6, 6.07) is 0.770. The van der Waals surface area contributed by atoms with Crippen LogP contribution in [0.1, 0.15) is 22.8 Å². The van der Waals surface area contributed by atoms with Crippen LogP contribution >= 0.6 is 11.6 Å². The second-order valence-corrected chi connectivity index (χ2v) is 3.81. The maximum atomic E-state index is 12.4. The Kier molecular flexibility index (Phi) is 4.41. The summed E-state index contributed by atoms with van der Waals surface area (Å²) < 4.78 is 41.6. The van der Waals surface area contributed by atoms with E-state index >= 15 is 0 Å². The van der Waals surface area contributed by atoms with Gasteiger partial charge in [-0.05, 0) is 19.1 Å². The summed E-state index contributed by atoms with van der Waals surface area (Å²) in [5.41, 5.74) is -1.94. The maximum Gasteiger partial charge on any atom is 0.416 e. The molecule has 1 aromatic carbocycles. The Morgan fingerprint density at radius 1 is 1.37 bits per heavy atom. The Bertz CT molecular complexity index is 502. The molecule has 1 aromatic rings. The van der Waals surface area contributed by atoms with Crippen molar-refractivity contribution in [2.24, 2.45) is 0 Å². The Hall–Kier alpha value is -1.76. The first-order valence-corrected chi connectivity index (χ1v) is 5.37. The number of halogens is 4. The van der Waals surface area contributed by atoms with E-state index in [-0.39, 0.29) is 6.61 Å². The van der Waals surface area contributed by atoms with E-state index in [1.165, 1.54) is 6.92 Å². The number of benzene rings is 1. The quantitative estimate of drug-likeness (QED) is 0.529. The average Bonchev–Trinajstić information content (AvgIpc) is 2.26. The molecule has 1 rings (SSSR count). The average molecular weight is 297 g/mol. The predicted octanol–water partition coefficient (Wildman–Crippen LogP) is 2.81. The van der Waals surface area contributed by atoms with Gasteiger partial charge in [-0.3, -0.25) is 4.79 Å². The number of alkyl halides is 3. The molecule has 19 heavy (non-hydrogen) atoms. The molecular formula is C11H8ClF3O4. The van der Waals surface area contributed by atoms with Gasteiger partial charge in [-0.2, -0.15) is 13.2 Å². The molecule has 0 aliphatic heterocycles. The Morgan fingerprint density at radius 3 is 2.37 bits per heavy atom. The molecule has 0 bridgehead atoms. The third-order valence-corrected chi connectivity index (χ3v) is 2.38.